The highest BCUT2D eigenvalue weighted by atomic mass is 79.9. The van der Waals surface area contributed by atoms with Gasteiger partial charge in [-0.05, 0) is 35.3 Å². The van der Waals surface area contributed by atoms with Crippen molar-refractivity contribution < 1.29 is 9.59 Å². The van der Waals surface area contributed by atoms with E-state index >= 15 is 0 Å². The summed E-state index contributed by atoms with van der Waals surface area (Å²) in [5, 5.41) is 0. The molecule has 0 N–H and O–H groups in total. The molecular formula is C23H26BrNO2. The Balaban J connectivity index is 1.94. The van der Waals surface area contributed by atoms with Crippen molar-refractivity contribution in [2.75, 3.05) is 0 Å². The number of allylic oxidation sites excluding steroid dienone is 2. The topological polar surface area (TPSA) is 46.5 Å². The second-order valence-corrected chi connectivity index (χ2v) is 10.7. The molecule has 1 aromatic rings. The van der Waals surface area contributed by atoms with Gasteiger partial charge >= 0.3 is 0 Å². The van der Waals surface area contributed by atoms with Gasteiger partial charge in [-0.1, -0.05) is 61.8 Å². The van der Waals surface area contributed by atoms with Gasteiger partial charge in [-0.2, -0.15) is 0 Å². The number of carbonyl (C=O) groups is 2. The summed E-state index contributed by atoms with van der Waals surface area (Å²) in [5.74, 6) is -0.145. The van der Waals surface area contributed by atoms with Gasteiger partial charge in [-0.3, -0.25) is 14.6 Å². The molecule has 1 aromatic carbocycles. The van der Waals surface area contributed by atoms with Crippen molar-refractivity contribution in [2.24, 2.45) is 21.7 Å². The van der Waals surface area contributed by atoms with Gasteiger partial charge < -0.3 is 0 Å². The molecule has 1 fully saturated rings. The summed E-state index contributed by atoms with van der Waals surface area (Å²) in [6, 6.07) is 8.00. The van der Waals surface area contributed by atoms with E-state index in [1.807, 2.05) is 24.3 Å². The summed E-state index contributed by atoms with van der Waals surface area (Å²) >= 11 is 3.66. The lowest BCUT2D eigenvalue weighted by Crippen LogP contribution is -2.45. The van der Waals surface area contributed by atoms with E-state index in [0.29, 0.717) is 12.8 Å². The van der Waals surface area contributed by atoms with E-state index in [2.05, 4.69) is 43.6 Å². The van der Waals surface area contributed by atoms with Crippen LogP contribution in [0.3, 0.4) is 0 Å². The van der Waals surface area contributed by atoms with E-state index in [1.165, 1.54) is 0 Å². The van der Waals surface area contributed by atoms with Gasteiger partial charge in [0.15, 0.2) is 5.78 Å². The van der Waals surface area contributed by atoms with E-state index in [1.54, 1.807) is 0 Å². The minimum atomic E-state index is -0.305. The molecule has 2 unspecified atom stereocenters. The molecule has 3 nitrogen and oxygen atoms in total. The molecular weight excluding hydrogens is 402 g/mol. The Kier molecular flexibility index (Phi) is 4.34. The molecule has 2 aliphatic carbocycles. The van der Waals surface area contributed by atoms with Crippen LogP contribution in [-0.2, 0) is 9.59 Å². The van der Waals surface area contributed by atoms with E-state index in [9.17, 15) is 9.59 Å². The largest absolute Gasteiger partial charge is 0.299 e. The summed E-state index contributed by atoms with van der Waals surface area (Å²) in [6.45, 7) is 8.53. The number of halogens is 1. The highest BCUT2D eigenvalue weighted by molar-refractivity contribution is 9.10. The van der Waals surface area contributed by atoms with Crippen LogP contribution in [0.25, 0.3) is 0 Å². The van der Waals surface area contributed by atoms with Crippen LogP contribution in [0.15, 0.2) is 45.0 Å². The van der Waals surface area contributed by atoms with E-state index in [-0.39, 0.29) is 34.2 Å². The Bertz CT molecular complexity index is 907. The van der Waals surface area contributed by atoms with Crippen LogP contribution in [0.5, 0.6) is 0 Å². The van der Waals surface area contributed by atoms with Gasteiger partial charge in [0, 0.05) is 40.2 Å². The summed E-state index contributed by atoms with van der Waals surface area (Å²) in [7, 11) is 0. The van der Waals surface area contributed by atoms with Crippen LogP contribution in [0, 0.1) is 16.7 Å². The number of fused-ring (bicyclic) bond motifs is 1. The Morgan fingerprint density at radius 3 is 2.30 bits per heavy atom. The Labute approximate surface area is 169 Å². The molecule has 1 aliphatic heterocycles. The molecule has 0 aromatic heterocycles. The number of nitrogens with zero attached hydrogens (tertiary/aromatic N) is 1. The van der Waals surface area contributed by atoms with Crippen molar-refractivity contribution in [3.8, 4) is 0 Å². The number of benzene rings is 1. The minimum absolute atomic E-state index is 0.0723. The van der Waals surface area contributed by atoms with Crippen molar-refractivity contribution >= 4 is 33.2 Å². The van der Waals surface area contributed by atoms with Crippen molar-refractivity contribution in [3.05, 3.63) is 45.6 Å². The van der Waals surface area contributed by atoms with E-state index in [0.717, 1.165) is 39.9 Å². The van der Waals surface area contributed by atoms with Crippen molar-refractivity contribution in [2.45, 2.75) is 59.3 Å². The molecule has 1 saturated carbocycles. The number of Topliss-reactive ketones (excluding diaryl/α,β-unsaturated/α-hetero) is 2. The third-order valence-corrected chi connectivity index (χ3v) is 6.80. The average molecular weight is 428 g/mol. The summed E-state index contributed by atoms with van der Waals surface area (Å²) in [6.07, 6.45) is 2.67. The lowest BCUT2D eigenvalue weighted by molar-refractivity contribution is -0.124. The molecule has 0 radical (unpaired) electrons. The maximum Gasteiger partial charge on any atom is 0.161 e. The first kappa shape index (κ1) is 18.8. The first-order valence-corrected chi connectivity index (χ1v) is 10.5. The zero-order valence-electron chi connectivity index (χ0n) is 16.4. The fourth-order valence-electron chi connectivity index (χ4n) is 5.07. The predicted molar refractivity (Wildman–Crippen MR) is 111 cm³/mol. The molecule has 0 saturated heterocycles. The second-order valence-electron chi connectivity index (χ2n) is 9.87. The maximum absolute atomic E-state index is 13.2. The smallest absolute Gasteiger partial charge is 0.161 e. The molecule has 2 atom stereocenters. The zero-order chi connectivity index (χ0) is 19.6. The van der Waals surface area contributed by atoms with Crippen molar-refractivity contribution in [1.29, 1.82) is 0 Å². The van der Waals surface area contributed by atoms with Gasteiger partial charge in [-0.25, -0.2) is 0 Å². The van der Waals surface area contributed by atoms with E-state index in [4.69, 9.17) is 4.99 Å². The number of hydrogen-bond acceptors (Lipinski definition) is 3. The number of aliphatic imine (C=N–C) groups is 1. The van der Waals surface area contributed by atoms with Crippen LogP contribution in [-0.4, -0.2) is 17.3 Å². The predicted octanol–water partition coefficient (Wildman–Crippen LogP) is 5.64. The number of ketones is 2. The van der Waals surface area contributed by atoms with Crippen LogP contribution < -0.4 is 0 Å². The molecule has 0 bridgehead atoms. The van der Waals surface area contributed by atoms with Gasteiger partial charge in [0.25, 0.3) is 0 Å². The fraction of sp³-hybridized carbons (Fsp3) is 0.522. The van der Waals surface area contributed by atoms with Crippen LogP contribution >= 0.6 is 15.9 Å². The highest BCUT2D eigenvalue weighted by Crippen LogP contribution is 2.52. The molecule has 4 rings (SSSR count). The van der Waals surface area contributed by atoms with Crippen molar-refractivity contribution in [3.63, 3.8) is 0 Å². The van der Waals surface area contributed by atoms with Gasteiger partial charge in [-0.15, -0.1) is 0 Å². The molecule has 0 spiro atoms. The first-order chi connectivity index (χ1) is 12.6. The normalized spacial score (nSPS) is 29.1. The highest BCUT2D eigenvalue weighted by Gasteiger charge is 2.50. The third-order valence-electron chi connectivity index (χ3n) is 6.08. The molecule has 3 aliphatic rings. The third kappa shape index (κ3) is 3.26. The van der Waals surface area contributed by atoms with E-state index < -0.39 is 0 Å². The van der Waals surface area contributed by atoms with Gasteiger partial charge in [0.2, 0.25) is 0 Å². The fourth-order valence-corrected chi connectivity index (χ4v) is 5.61. The standard InChI is InChI=1S/C23H26BrNO2/c1-22(2)9-15-20(17(26)11-22)19(13-7-5-6-8-14(13)24)21-16(25-15)10-23(3,4)12-18(21)27/h5-8,19-20H,9-12H2,1-4H3. The minimum Gasteiger partial charge on any atom is -0.299 e. The number of carbonyl (C=O) groups excluding carboxylic acids is 2. The Morgan fingerprint density at radius 1 is 0.926 bits per heavy atom. The molecule has 27 heavy (non-hydrogen) atoms. The maximum atomic E-state index is 13.2. The summed E-state index contributed by atoms with van der Waals surface area (Å²) < 4.78 is 0.957. The number of hydrogen-bond donors (Lipinski definition) is 0. The number of rotatable bonds is 1. The lowest BCUT2D eigenvalue weighted by Gasteiger charge is -2.44. The Morgan fingerprint density at radius 2 is 1.59 bits per heavy atom. The second kappa shape index (κ2) is 6.23. The quantitative estimate of drug-likeness (QED) is 0.582. The summed E-state index contributed by atoms with van der Waals surface area (Å²) in [5.41, 5.74) is 3.54. The monoisotopic (exact) mass is 427 g/mol. The first-order valence-electron chi connectivity index (χ1n) is 9.69. The SMILES string of the molecule is CC1(C)CC(=O)C2C(=NC3=C(C(=O)CC(C)(C)C3)C2c2ccccc2Br)C1. The van der Waals surface area contributed by atoms with Crippen LogP contribution in [0.1, 0.15) is 64.9 Å². The molecule has 0 amide bonds. The lowest BCUT2D eigenvalue weighted by atomic mass is 9.60. The Hall–Kier alpha value is -1.55. The molecule has 142 valence electrons. The van der Waals surface area contributed by atoms with Crippen LogP contribution in [0.2, 0.25) is 0 Å². The summed E-state index contributed by atoms with van der Waals surface area (Å²) in [4.78, 5) is 31.4. The average Bonchev–Trinajstić information content (AvgIpc) is 2.51. The van der Waals surface area contributed by atoms with Crippen molar-refractivity contribution in [1.82, 2.24) is 0 Å². The molecule has 1 heterocycles. The van der Waals surface area contributed by atoms with Gasteiger partial charge in [0.05, 0.1) is 5.92 Å². The molecule has 4 heteroatoms. The van der Waals surface area contributed by atoms with Crippen LogP contribution in [0.4, 0.5) is 0 Å². The zero-order valence-corrected chi connectivity index (χ0v) is 18.0. The van der Waals surface area contributed by atoms with Gasteiger partial charge in [0.1, 0.15) is 5.78 Å².